The summed E-state index contributed by atoms with van der Waals surface area (Å²) in [4.78, 5) is 9.88. The molecule has 1 atom stereocenters. The third kappa shape index (κ3) is 2.07. The van der Waals surface area contributed by atoms with Crippen LogP contribution in [0.1, 0.15) is 66.0 Å². The average Bonchev–Trinajstić information content (AvgIpc) is 3.12. The first-order valence-electron chi connectivity index (χ1n) is 7.92. The molecule has 1 N–H and O–H groups in total. The van der Waals surface area contributed by atoms with Crippen molar-refractivity contribution >= 4 is 0 Å². The Labute approximate surface area is 125 Å². The van der Waals surface area contributed by atoms with Gasteiger partial charge in [-0.2, -0.15) is 0 Å². The van der Waals surface area contributed by atoms with Crippen molar-refractivity contribution in [3.05, 3.63) is 58.2 Å². The number of benzene rings is 1. The van der Waals surface area contributed by atoms with Crippen molar-refractivity contribution in [2.24, 2.45) is 0 Å². The molecular formula is C18H21N3. The van der Waals surface area contributed by atoms with E-state index >= 15 is 0 Å². The minimum atomic E-state index is 0.379. The van der Waals surface area contributed by atoms with E-state index < -0.39 is 0 Å². The topological polar surface area (TPSA) is 37.8 Å². The smallest absolute Gasteiger partial charge is 0.136 e. The Bertz CT molecular complexity index is 691. The highest BCUT2D eigenvalue weighted by molar-refractivity contribution is 5.40. The molecule has 1 aromatic carbocycles. The summed E-state index contributed by atoms with van der Waals surface area (Å²) in [6.07, 6.45) is 2.29. The number of hydrogen-bond donors (Lipinski definition) is 1. The van der Waals surface area contributed by atoms with Crippen LogP contribution in [0.2, 0.25) is 0 Å². The van der Waals surface area contributed by atoms with Crippen molar-refractivity contribution in [3.63, 3.8) is 0 Å². The number of nitrogens with one attached hydrogen (secondary N) is 1. The Balaban J connectivity index is 1.82. The predicted molar refractivity (Wildman–Crippen MR) is 83.3 cm³/mol. The van der Waals surface area contributed by atoms with Crippen LogP contribution in [0.4, 0.5) is 0 Å². The second-order valence-electron chi connectivity index (χ2n) is 6.44. The lowest BCUT2D eigenvalue weighted by molar-refractivity contribution is 0.691. The maximum Gasteiger partial charge on any atom is 0.136 e. The van der Waals surface area contributed by atoms with Crippen LogP contribution in [0, 0.1) is 0 Å². The Morgan fingerprint density at radius 2 is 2.00 bits per heavy atom. The van der Waals surface area contributed by atoms with E-state index in [0.717, 1.165) is 31.8 Å². The van der Waals surface area contributed by atoms with Crippen LogP contribution in [-0.2, 0) is 19.5 Å². The van der Waals surface area contributed by atoms with Gasteiger partial charge >= 0.3 is 0 Å². The van der Waals surface area contributed by atoms with E-state index in [-0.39, 0.29) is 0 Å². The lowest BCUT2D eigenvalue weighted by atomic mass is 9.98. The predicted octanol–water partition coefficient (Wildman–Crippen LogP) is 3.28. The van der Waals surface area contributed by atoms with Gasteiger partial charge in [-0.15, -0.1) is 0 Å². The molecule has 0 radical (unpaired) electrons. The van der Waals surface area contributed by atoms with Gasteiger partial charge < -0.3 is 5.32 Å². The molecule has 0 saturated carbocycles. The molecule has 1 aliphatic carbocycles. The minimum Gasteiger partial charge on any atom is -0.307 e. The molecule has 0 saturated heterocycles. The van der Waals surface area contributed by atoms with Crippen molar-refractivity contribution in [2.45, 2.75) is 51.6 Å². The third-order valence-corrected chi connectivity index (χ3v) is 4.73. The molecule has 0 spiro atoms. The quantitative estimate of drug-likeness (QED) is 0.916. The molecule has 1 unspecified atom stereocenters. The maximum atomic E-state index is 4.97. The summed E-state index contributed by atoms with van der Waals surface area (Å²) in [6.45, 7) is 6.27. The SMILES string of the molecule is CC(C)c1nc(C2CCc3ccccc32)nc2c1CNC2. The zero-order chi connectivity index (χ0) is 14.4. The molecule has 2 heterocycles. The zero-order valence-corrected chi connectivity index (χ0v) is 12.7. The van der Waals surface area contributed by atoms with Gasteiger partial charge in [0.25, 0.3) is 0 Å². The van der Waals surface area contributed by atoms with E-state index in [0.29, 0.717) is 11.8 Å². The molecule has 108 valence electrons. The van der Waals surface area contributed by atoms with Gasteiger partial charge in [-0.05, 0) is 29.9 Å². The number of aromatic nitrogens is 2. The normalized spacial score (nSPS) is 19.9. The maximum absolute atomic E-state index is 4.97. The van der Waals surface area contributed by atoms with Gasteiger partial charge in [0.05, 0.1) is 11.4 Å². The Kier molecular flexibility index (Phi) is 3.03. The number of rotatable bonds is 2. The first kappa shape index (κ1) is 13.0. The second kappa shape index (κ2) is 4.92. The molecule has 1 aromatic heterocycles. The number of fused-ring (bicyclic) bond motifs is 2. The van der Waals surface area contributed by atoms with Crippen LogP contribution in [-0.4, -0.2) is 9.97 Å². The van der Waals surface area contributed by atoms with Gasteiger partial charge in [-0.1, -0.05) is 38.1 Å². The largest absolute Gasteiger partial charge is 0.307 e. The first-order chi connectivity index (χ1) is 10.2. The fraction of sp³-hybridized carbons (Fsp3) is 0.444. The number of nitrogens with zero attached hydrogens (tertiary/aromatic N) is 2. The summed E-state index contributed by atoms with van der Waals surface area (Å²) in [5.74, 6) is 1.87. The van der Waals surface area contributed by atoms with Gasteiger partial charge in [0, 0.05) is 24.6 Å². The van der Waals surface area contributed by atoms with Crippen LogP contribution < -0.4 is 5.32 Å². The van der Waals surface area contributed by atoms with Crippen LogP contribution in [0.15, 0.2) is 24.3 Å². The summed E-state index contributed by atoms with van der Waals surface area (Å²) in [5, 5.41) is 3.42. The fourth-order valence-corrected chi connectivity index (χ4v) is 3.67. The van der Waals surface area contributed by atoms with E-state index in [4.69, 9.17) is 9.97 Å². The van der Waals surface area contributed by atoms with Gasteiger partial charge in [-0.25, -0.2) is 9.97 Å². The lowest BCUT2D eigenvalue weighted by Crippen LogP contribution is -2.11. The van der Waals surface area contributed by atoms with Crippen molar-refractivity contribution in [2.75, 3.05) is 0 Å². The molecule has 0 bridgehead atoms. The van der Waals surface area contributed by atoms with E-state index in [1.807, 2.05) is 0 Å². The molecule has 0 amide bonds. The molecule has 2 aliphatic rings. The zero-order valence-electron chi connectivity index (χ0n) is 12.7. The standard InChI is InChI=1S/C18H21N3/c1-11(2)17-15-9-19-10-16(15)20-18(21-17)14-8-7-12-5-3-4-6-13(12)14/h3-6,11,14,19H,7-10H2,1-2H3. The van der Waals surface area contributed by atoms with Gasteiger partial charge in [0.2, 0.25) is 0 Å². The van der Waals surface area contributed by atoms with Crippen molar-refractivity contribution in [3.8, 4) is 0 Å². The highest BCUT2D eigenvalue weighted by Gasteiger charge is 2.29. The Morgan fingerprint density at radius 1 is 1.14 bits per heavy atom. The van der Waals surface area contributed by atoms with E-state index in [1.165, 1.54) is 28.1 Å². The van der Waals surface area contributed by atoms with Crippen molar-refractivity contribution < 1.29 is 0 Å². The van der Waals surface area contributed by atoms with E-state index in [2.05, 4.69) is 43.4 Å². The van der Waals surface area contributed by atoms with Crippen molar-refractivity contribution in [1.82, 2.24) is 15.3 Å². The molecule has 4 rings (SSSR count). The number of hydrogen-bond acceptors (Lipinski definition) is 3. The van der Waals surface area contributed by atoms with Gasteiger partial charge in [0.15, 0.2) is 0 Å². The molecule has 2 aromatic rings. The van der Waals surface area contributed by atoms with Gasteiger partial charge in [0.1, 0.15) is 5.82 Å². The molecule has 21 heavy (non-hydrogen) atoms. The van der Waals surface area contributed by atoms with Crippen LogP contribution in [0.3, 0.4) is 0 Å². The number of aryl methyl sites for hydroxylation is 1. The van der Waals surface area contributed by atoms with E-state index in [9.17, 15) is 0 Å². The Morgan fingerprint density at radius 3 is 2.86 bits per heavy atom. The average molecular weight is 279 g/mol. The molecule has 1 aliphatic heterocycles. The summed E-state index contributed by atoms with van der Waals surface area (Å²) in [5.41, 5.74) is 6.69. The second-order valence-corrected chi connectivity index (χ2v) is 6.44. The third-order valence-electron chi connectivity index (χ3n) is 4.73. The highest BCUT2D eigenvalue weighted by Crippen LogP contribution is 2.37. The summed E-state index contributed by atoms with van der Waals surface area (Å²) in [7, 11) is 0. The summed E-state index contributed by atoms with van der Waals surface area (Å²) < 4.78 is 0. The monoisotopic (exact) mass is 279 g/mol. The van der Waals surface area contributed by atoms with Gasteiger partial charge in [-0.3, -0.25) is 0 Å². The molecule has 0 fully saturated rings. The molecule has 3 heteroatoms. The minimum absolute atomic E-state index is 0.379. The van der Waals surface area contributed by atoms with Crippen LogP contribution >= 0.6 is 0 Å². The summed E-state index contributed by atoms with van der Waals surface area (Å²) in [6, 6.07) is 8.76. The lowest BCUT2D eigenvalue weighted by Gasteiger charge is -2.16. The van der Waals surface area contributed by atoms with Crippen molar-refractivity contribution in [1.29, 1.82) is 0 Å². The fourth-order valence-electron chi connectivity index (χ4n) is 3.67. The van der Waals surface area contributed by atoms with Crippen LogP contribution in [0.25, 0.3) is 0 Å². The van der Waals surface area contributed by atoms with E-state index in [1.54, 1.807) is 0 Å². The first-order valence-corrected chi connectivity index (χ1v) is 7.92. The summed E-state index contributed by atoms with van der Waals surface area (Å²) >= 11 is 0. The molecule has 3 nitrogen and oxygen atoms in total. The van der Waals surface area contributed by atoms with Crippen LogP contribution in [0.5, 0.6) is 0 Å². The molecular weight excluding hydrogens is 258 g/mol. The Hall–Kier alpha value is -1.74. The highest BCUT2D eigenvalue weighted by atomic mass is 15.0.